The first-order valence-corrected chi connectivity index (χ1v) is 18.7. The number of rotatable bonds is 16. The molecule has 2 unspecified atom stereocenters. The van der Waals surface area contributed by atoms with Crippen LogP contribution in [0.2, 0.25) is 0 Å². The Hall–Kier alpha value is -5.09. The summed E-state index contributed by atoms with van der Waals surface area (Å²) in [5.41, 5.74) is 4.83. The number of aliphatic hydroxyl groups is 2. The lowest BCUT2D eigenvalue weighted by molar-refractivity contribution is -0.141. The van der Waals surface area contributed by atoms with Crippen molar-refractivity contribution in [2.24, 2.45) is 11.7 Å². The maximum Gasteiger partial charge on any atom is 0.404 e. The van der Waals surface area contributed by atoms with E-state index >= 15 is 0 Å². The zero-order valence-electron chi connectivity index (χ0n) is 30.8. The van der Waals surface area contributed by atoms with E-state index in [1.54, 1.807) is 32.2 Å². The molecule has 5 atom stereocenters. The Labute approximate surface area is 313 Å². The summed E-state index contributed by atoms with van der Waals surface area (Å²) in [5, 5.41) is 48.2. The van der Waals surface area contributed by atoms with Crippen molar-refractivity contribution in [3.63, 3.8) is 0 Å². The van der Waals surface area contributed by atoms with Crippen LogP contribution in [0.5, 0.6) is 0 Å². The number of likely N-dealkylation sites (tertiary alicyclic amines) is 1. The van der Waals surface area contributed by atoms with Crippen molar-refractivity contribution >= 4 is 40.5 Å². The molecule has 1 saturated carbocycles. The smallest absolute Gasteiger partial charge is 0.404 e. The molecule has 1 saturated heterocycles. The monoisotopic (exact) mass is 748 g/mol. The fraction of sp³-hybridized carbons (Fsp3) is 0.553. The van der Waals surface area contributed by atoms with Crippen LogP contribution >= 0.6 is 0 Å². The minimum Gasteiger partial charge on any atom is -0.465 e. The second-order valence-electron chi connectivity index (χ2n) is 15.1. The Kier molecular flexibility index (Phi) is 13.2. The van der Waals surface area contributed by atoms with Gasteiger partial charge in [-0.05, 0) is 68.4 Å². The Morgan fingerprint density at radius 2 is 1.72 bits per heavy atom. The number of carbonyl (C=O) groups excluding carboxylic acids is 4. The minimum atomic E-state index is -1.74. The number of benzene rings is 2. The van der Waals surface area contributed by atoms with E-state index in [9.17, 15) is 34.2 Å². The first-order chi connectivity index (χ1) is 25.7. The Balaban J connectivity index is 1.42. The lowest BCUT2D eigenvalue weighted by atomic mass is 9.84. The summed E-state index contributed by atoms with van der Waals surface area (Å²) in [4.78, 5) is 67.1. The van der Waals surface area contributed by atoms with Crippen LogP contribution in [0.4, 0.5) is 4.79 Å². The number of aromatic nitrogens is 3. The first-order valence-electron chi connectivity index (χ1n) is 18.7. The predicted molar refractivity (Wildman–Crippen MR) is 198 cm³/mol. The quantitative estimate of drug-likeness (QED) is 0.106. The molecule has 0 spiro atoms. The van der Waals surface area contributed by atoms with Gasteiger partial charge in [-0.2, -0.15) is 0 Å². The third-order valence-electron chi connectivity index (χ3n) is 10.5. The highest BCUT2D eigenvalue weighted by Crippen LogP contribution is 2.32. The highest BCUT2D eigenvalue weighted by Gasteiger charge is 2.45. The van der Waals surface area contributed by atoms with Gasteiger partial charge in [0.05, 0.1) is 18.3 Å². The van der Waals surface area contributed by atoms with Gasteiger partial charge < -0.3 is 41.9 Å². The molecule has 16 nitrogen and oxygen atoms in total. The average molecular weight is 749 g/mol. The highest BCUT2D eigenvalue weighted by molar-refractivity contribution is 6.01. The number of fused-ring (bicyclic) bond motifs is 1. The number of hydrogen-bond acceptors (Lipinski definition) is 9. The normalized spacial score (nSPS) is 19.5. The number of nitrogens with zero attached hydrogens (tertiary/aromatic N) is 4. The zero-order chi connectivity index (χ0) is 39.0. The molecule has 2 fully saturated rings. The zero-order valence-corrected chi connectivity index (χ0v) is 30.8. The molecule has 292 valence electrons. The Morgan fingerprint density at radius 1 is 1.00 bits per heavy atom. The van der Waals surface area contributed by atoms with Crippen molar-refractivity contribution in [2.45, 2.75) is 114 Å². The molecular formula is C38H52N8O8. The van der Waals surface area contributed by atoms with Gasteiger partial charge in [-0.3, -0.25) is 19.2 Å². The SMILES string of the molecule is CC(C)(O)c1cn([C@@H]2C[C@@H](C(=O)NC(CCCCNC(=O)O)C(O)C(N)=O)N(C(=O)[C@@H](CC3CCCCC3)NC(=O)c3ccc4ccccc4c3)C2)nn1. The standard InChI is InChI=1S/C38H52N8O8/c1-38(2,54)31-22-46(44-43-31)27-20-30(35(50)41-28(32(47)33(39)48)14-8-9-17-40-37(52)53)45(21-27)36(51)29(18-23-10-4-3-5-11-23)42-34(49)26-16-15-24-12-6-7-13-25(24)19-26/h6-7,12-13,15-16,19,22-23,27-30,32,40,47,54H,3-5,8-11,14,17-18,20-21H2,1-2H3,(H2,39,48)(H,41,50)(H,42,49)(H,52,53)/t27-,28?,29-,30+,32?/m1/s1. The van der Waals surface area contributed by atoms with E-state index in [-0.39, 0.29) is 31.8 Å². The fourth-order valence-electron chi connectivity index (χ4n) is 7.45. The van der Waals surface area contributed by atoms with Gasteiger partial charge in [-0.25, -0.2) is 9.48 Å². The summed E-state index contributed by atoms with van der Waals surface area (Å²) >= 11 is 0. The van der Waals surface area contributed by atoms with E-state index in [1.807, 2.05) is 30.3 Å². The van der Waals surface area contributed by atoms with Gasteiger partial charge in [-0.1, -0.05) is 67.6 Å². The van der Waals surface area contributed by atoms with E-state index in [0.29, 0.717) is 30.5 Å². The van der Waals surface area contributed by atoms with Crippen molar-refractivity contribution in [1.29, 1.82) is 0 Å². The molecular weight excluding hydrogens is 696 g/mol. The number of nitrogens with one attached hydrogen (secondary N) is 3. The van der Waals surface area contributed by atoms with Gasteiger partial charge in [0.1, 0.15) is 23.4 Å². The second kappa shape index (κ2) is 17.8. The molecule has 1 aliphatic heterocycles. The maximum atomic E-state index is 14.7. The number of aliphatic hydroxyl groups excluding tert-OH is 1. The number of nitrogens with two attached hydrogens (primary N) is 1. The van der Waals surface area contributed by atoms with Gasteiger partial charge in [0, 0.05) is 25.1 Å². The third-order valence-corrected chi connectivity index (χ3v) is 10.5. The van der Waals surface area contributed by atoms with E-state index in [0.717, 1.165) is 42.9 Å². The Bertz CT molecular complexity index is 1800. The molecule has 2 heterocycles. The van der Waals surface area contributed by atoms with Gasteiger partial charge in [0.15, 0.2) is 6.10 Å². The number of unbranched alkanes of at least 4 members (excludes halogenated alkanes) is 1. The highest BCUT2D eigenvalue weighted by atomic mass is 16.4. The van der Waals surface area contributed by atoms with Crippen molar-refractivity contribution in [3.05, 3.63) is 59.9 Å². The molecule has 1 aromatic heterocycles. The molecule has 3 aromatic rings. The second-order valence-corrected chi connectivity index (χ2v) is 15.1. The van der Waals surface area contributed by atoms with E-state index in [4.69, 9.17) is 10.8 Å². The molecule has 5 rings (SSSR count). The molecule has 0 radical (unpaired) electrons. The van der Waals surface area contributed by atoms with Gasteiger partial charge in [-0.15, -0.1) is 5.10 Å². The maximum absolute atomic E-state index is 14.7. The van der Waals surface area contributed by atoms with Crippen LogP contribution in [0.1, 0.15) is 100 Å². The van der Waals surface area contributed by atoms with E-state index in [2.05, 4.69) is 26.3 Å². The summed E-state index contributed by atoms with van der Waals surface area (Å²) < 4.78 is 1.51. The molecule has 16 heteroatoms. The van der Waals surface area contributed by atoms with Gasteiger partial charge in [0.25, 0.3) is 5.91 Å². The van der Waals surface area contributed by atoms with Crippen LogP contribution in [-0.2, 0) is 20.0 Å². The predicted octanol–water partition coefficient (Wildman–Crippen LogP) is 2.34. The summed E-state index contributed by atoms with van der Waals surface area (Å²) in [6, 6.07) is 9.30. The minimum absolute atomic E-state index is 0.0302. The number of amides is 5. The van der Waals surface area contributed by atoms with Crippen LogP contribution < -0.4 is 21.7 Å². The van der Waals surface area contributed by atoms with Gasteiger partial charge >= 0.3 is 6.09 Å². The van der Waals surface area contributed by atoms with Crippen LogP contribution in [0.3, 0.4) is 0 Å². The van der Waals surface area contributed by atoms with Crippen LogP contribution in [0, 0.1) is 5.92 Å². The van der Waals surface area contributed by atoms with Gasteiger partial charge in [0.2, 0.25) is 17.7 Å². The van der Waals surface area contributed by atoms with Crippen molar-refractivity contribution in [3.8, 4) is 0 Å². The molecule has 8 N–H and O–H groups in total. The lowest BCUT2D eigenvalue weighted by Gasteiger charge is -2.32. The van der Waals surface area contributed by atoms with Crippen LogP contribution in [0.15, 0.2) is 48.7 Å². The van der Waals surface area contributed by atoms with E-state index < -0.39 is 65.6 Å². The Morgan fingerprint density at radius 3 is 2.39 bits per heavy atom. The molecule has 54 heavy (non-hydrogen) atoms. The summed E-state index contributed by atoms with van der Waals surface area (Å²) in [6.07, 6.45) is 4.89. The molecule has 2 aliphatic rings. The molecule has 2 aromatic carbocycles. The molecule has 5 amide bonds. The number of hydrogen-bond donors (Lipinski definition) is 7. The van der Waals surface area contributed by atoms with E-state index in [1.165, 1.54) is 9.58 Å². The third kappa shape index (κ3) is 10.3. The first kappa shape index (κ1) is 40.1. The number of carbonyl (C=O) groups is 5. The van der Waals surface area contributed by atoms with Crippen LogP contribution in [0.25, 0.3) is 10.8 Å². The van der Waals surface area contributed by atoms with Crippen LogP contribution in [-0.4, -0.2) is 102 Å². The van der Waals surface area contributed by atoms with Crippen molar-refractivity contribution in [1.82, 2.24) is 35.8 Å². The molecule has 1 aliphatic carbocycles. The average Bonchev–Trinajstić information content (AvgIpc) is 3.82. The topological polar surface area (TPSA) is 242 Å². The number of carboxylic acid groups (broad SMARTS) is 1. The number of primary amides is 1. The largest absolute Gasteiger partial charge is 0.465 e. The lowest BCUT2D eigenvalue weighted by Crippen LogP contribution is -2.57. The van der Waals surface area contributed by atoms with Crippen molar-refractivity contribution < 1.29 is 39.3 Å². The molecule has 0 bridgehead atoms. The van der Waals surface area contributed by atoms with Crippen molar-refractivity contribution in [2.75, 3.05) is 13.1 Å². The fourth-order valence-corrected chi connectivity index (χ4v) is 7.45. The summed E-state index contributed by atoms with van der Waals surface area (Å²) in [6.45, 7) is 3.30. The summed E-state index contributed by atoms with van der Waals surface area (Å²) in [7, 11) is 0. The summed E-state index contributed by atoms with van der Waals surface area (Å²) in [5.74, 6) is -2.37.